The lowest BCUT2D eigenvalue weighted by Crippen LogP contribution is -2.52. The fourth-order valence-corrected chi connectivity index (χ4v) is 4.46. The van der Waals surface area contributed by atoms with E-state index in [1.165, 1.54) is 16.3 Å². The van der Waals surface area contributed by atoms with Gasteiger partial charge in [-0.15, -0.1) is 0 Å². The molecular weight excluding hydrogens is 284 g/mol. The number of amides is 1. The highest BCUT2D eigenvalue weighted by Crippen LogP contribution is 2.38. The van der Waals surface area contributed by atoms with Crippen molar-refractivity contribution in [2.45, 2.75) is 37.6 Å². The first-order chi connectivity index (χ1) is 11.3. The predicted molar refractivity (Wildman–Crippen MR) is 93.4 cm³/mol. The van der Waals surface area contributed by atoms with E-state index in [9.17, 15) is 4.79 Å². The van der Waals surface area contributed by atoms with Gasteiger partial charge in [0, 0.05) is 6.54 Å². The third-order valence-corrected chi connectivity index (χ3v) is 5.62. The Labute approximate surface area is 137 Å². The second kappa shape index (κ2) is 5.97. The van der Waals surface area contributed by atoms with Gasteiger partial charge in [-0.05, 0) is 61.5 Å². The number of carbonyl (C=O) groups is 1. The molecule has 0 unspecified atom stereocenters. The first-order valence-corrected chi connectivity index (χ1v) is 8.80. The fraction of sp³-hybridized carbons (Fsp3) is 0.450. The third-order valence-electron chi connectivity index (χ3n) is 5.62. The van der Waals surface area contributed by atoms with E-state index in [0.717, 1.165) is 51.7 Å². The van der Waals surface area contributed by atoms with Gasteiger partial charge in [-0.1, -0.05) is 42.5 Å². The maximum atomic E-state index is 12.7. The normalized spacial score (nSPS) is 19.8. The molecule has 1 amide bonds. The van der Waals surface area contributed by atoms with Gasteiger partial charge < -0.3 is 5.32 Å². The van der Waals surface area contributed by atoms with Gasteiger partial charge in [-0.2, -0.15) is 0 Å². The SMILES string of the molecule is O=C(NCCc1cccc2ccccc12)C12CCCN1CCC2. The van der Waals surface area contributed by atoms with Crippen molar-refractivity contribution in [1.29, 1.82) is 0 Å². The van der Waals surface area contributed by atoms with Crippen LogP contribution in [0.25, 0.3) is 10.8 Å². The molecule has 23 heavy (non-hydrogen) atoms. The minimum absolute atomic E-state index is 0.182. The summed E-state index contributed by atoms with van der Waals surface area (Å²) >= 11 is 0. The summed E-state index contributed by atoms with van der Waals surface area (Å²) < 4.78 is 0. The Kier molecular flexibility index (Phi) is 3.82. The van der Waals surface area contributed by atoms with Crippen LogP contribution in [0.1, 0.15) is 31.2 Å². The van der Waals surface area contributed by atoms with Gasteiger partial charge in [0.25, 0.3) is 0 Å². The van der Waals surface area contributed by atoms with Crippen LogP contribution in [-0.4, -0.2) is 36.0 Å². The minimum Gasteiger partial charge on any atom is -0.354 e. The molecular formula is C20H24N2O. The minimum atomic E-state index is -0.182. The Morgan fingerprint density at radius 3 is 2.61 bits per heavy atom. The molecule has 0 saturated carbocycles. The quantitative estimate of drug-likeness (QED) is 0.941. The van der Waals surface area contributed by atoms with Crippen LogP contribution < -0.4 is 5.32 Å². The molecule has 2 aromatic rings. The zero-order valence-corrected chi connectivity index (χ0v) is 13.6. The summed E-state index contributed by atoms with van der Waals surface area (Å²) in [7, 11) is 0. The van der Waals surface area contributed by atoms with Gasteiger partial charge in [-0.3, -0.25) is 9.69 Å². The molecule has 1 N–H and O–H groups in total. The maximum absolute atomic E-state index is 12.7. The van der Waals surface area contributed by atoms with E-state index in [1.54, 1.807) is 0 Å². The summed E-state index contributed by atoms with van der Waals surface area (Å²) in [5, 5.41) is 5.79. The Morgan fingerprint density at radius 1 is 1.04 bits per heavy atom. The van der Waals surface area contributed by atoms with Crippen molar-refractivity contribution < 1.29 is 4.79 Å². The highest BCUT2D eigenvalue weighted by atomic mass is 16.2. The van der Waals surface area contributed by atoms with Crippen molar-refractivity contribution in [3.63, 3.8) is 0 Å². The first kappa shape index (κ1) is 14.7. The lowest BCUT2D eigenvalue weighted by atomic mass is 9.93. The number of hydrogen-bond donors (Lipinski definition) is 1. The van der Waals surface area contributed by atoms with E-state index in [4.69, 9.17) is 0 Å². The molecule has 0 spiro atoms. The molecule has 3 heteroatoms. The van der Waals surface area contributed by atoms with Crippen LogP contribution in [-0.2, 0) is 11.2 Å². The van der Waals surface area contributed by atoms with Gasteiger partial charge in [0.15, 0.2) is 0 Å². The number of nitrogens with one attached hydrogen (secondary N) is 1. The molecule has 0 radical (unpaired) electrons. The Morgan fingerprint density at radius 2 is 1.78 bits per heavy atom. The Balaban J connectivity index is 1.43. The fourth-order valence-electron chi connectivity index (χ4n) is 4.46. The molecule has 2 aromatic carbocycles. The van der Waals surface area contributed by atoms with Gasteiger partial charge in [-0.25, -0.2) is 0 Å². The molecule has 3 nitrogen and oxygen atoms in total. The average molecular weight is 308 g/mol. The van der Waals surface area contributed by atoms with Crippen molar-refractivity contribution in [2.75, 3.05) is 19.6 Å². The molecule has 4 rings (SSSR count). The van der Waals surface area contributed by atoms with Crippen LogP contribution in [0.15, 0.2) is 42.5 Å². The van der Waals surface area contributed by atoms with Crippen molar-refractivity contribution in [3.05, 3.63) is 48.0 Å². The van der Waals surface area contributed by atoms with Crippen LogP contribution >= 0.6 is 0 Å². The van der Waals surface area contributed by atoms with E-state index in [2.05, 4.69) is 52.7 Å². The molecule has 2 saturated heterocycles. The second-order valence-electron chi connectivity index (χ2n) is 6.87. The number of rotatable bonds is 4. The van der Waals surface area contributed by atoms with E-state index >= 15 is 0 Å². The lowest BCUT2D eigenvalue weighted by Gasteiger charge is -2.30. The molecule has 2 aliphatic rings. The Hall–Kier alpha value is -1.87. The van der Waals surface area contributed by atoms with Crippen LogP contribution in [0.5, 0.6) is 0 Å². The molecule has 2 aliphatic heterocycles. The summed E-state index contributed by atoms with van der Waals surface area (Å²) in [4.78, 5) is 15.2. The largest absolute Gasteiger partial charge is 0.354 e. The summed E-state index contributed by atoms with van der Waals surface area (Å²) in [6.45, 7) is 2.91. The van der Waals surface area contributed by atoms with Crippen molar-refractivity contribution in [3.8, 4) is 0 Å². The molecule has 120 valence electrons. The lowest BCUT2D eigenvalue weighted by molar-refractivity contribution is -0.130. The van der Waals surface area contributed by atoms with Gasteiger partial charge in [0.1, 0.15) is 5.54 Å². The third kappa shape index (κ3) is 2.53. The summed E-state index contributed by atoms with van der Waals surface area (Å²) in [5.41, 5.74) is 1.13. The van der Waals surface area contributed by atoms with E-state index in [-0.39, 0.29) is 11.4 Å². The number of benzene rings is 2. The standard InChI is InChI=1S/C20H24N2O/c23-19(20-11-4-14-22(20)15-5-12-20)21-13-10-17-8-3-7-16-6-1-2-9-18(16)17/h1-3,6-9H,4-5,10-15H2,(H,21,23). The van der Waals surface area contributed by atoms with Crippen LogP contribution in [0.2, 0.25) is 0 Å². The van der Waals surface area contributed by atoms with Crippen LogP contribution in [0.3, 0.4) is 0 Å². The number of fused-ring (bicyclic) bond motifs is 2. The average Bonchev–Trinajstić information content (AvgIpc) is 3.16. The molecule has 0 bridgehead atoms. The zero-order valence-electron chi connectivity index (χ0n) is 13.6. The van der Waals surface area contributed by atoms with Gasteiger partial charge in [0.05, 0.1) is 0 Å². The van der Waals surface area contributed by atoms with E-state index < -0.39 is 0 Å². The summed E-state index contributed by atoms with van der Waals surface area (Å²) in [6.07, 6.45) is 5.29. The summed E-state index contributed by atoms with van der Waals surface area (Å²) in [5.74, 6) is 0.257. The van der Waals surface area contributed by atoms with Gasteiger partial charge >= 0.3 is 0 Å². The van der Waals surface area contributed by atoms with Crippen LogP contribution in [0, 0.1) is 0 Å². The smallest absolute Gasteiger partial charge is 0.240 e. The molecule has 0 atom stereocenters. The predicted octanol–water partition coefficient (Wildman–Crippen LogP) is 3.13. The van der Waals surface area contributed by atoms with Crippen LogP contribution in [0.4, 0.5) is 0 Å². The van der Waals surface area contributed by atoms with Crippen molar-refractivity contribution in [2.24, 2.45) is 0 Å². The van der Waals surface area contributed by atoms with E-state index in [1.807, 2.05) is 0 Å². The number of nitrogens with zero attached hydrogens (tertiary/aromatic N) is 1. The van der Waals surface area contributed by atoms with E-state index in [0.29, 0.717) is 0 Å². The topological polar surface area (TPSA) is 32.3 Å². The molecule has 2 heterocycles. The molecule has 2 fully saturated rings. The first-order valence-electron chi connectivity index (χ1n) is 8.80. The maximum Gasteiger partial charge on any atom is 0.240 e. The van der Waals surface area contributed by atoms with Crippen molar-refractivity contribution in [1.82, 2.24) is 10.2 Å². The summed E-state index contributed by atoms with van der Waals surface area (Å²) in [6, 6.07) is 14.9. The molecule has 0 aromatic heterocycles. The Bertz CT molecular complexity index is 709. The highest BCUT2D eigenvalue weighted by molar-refractivity contribution is 5.87. The highest BCUT2D eigenvalue weighted by Gasteiger charge is 2.49. The number of carbonyl (C=O) groups excluding carboxylic acids is 1. The number of hydrogen-bond acceptors (Lipinski definition) is 2. The zero-order chi connectivity index (χ0) is 15.7. The second-order valence-corrected chi connectivity index (χ2v) is 6.87. The monoisotopic (exact) mass is 308 g/mol. The van der Waals surface area contributed by atoms with Gasteiger partial charge in [0.2, 0.25) is 5.91 Å². The van der Waals surface area contributed by atoms with Crippen molar-refractivity contribution >= 4 is 16.7 Å². The molecule has 0 aliphatic carbocycles.